The minimum atomic E-state index is 0.00161. The molecule has 1 aromatic heterocycles. The van der Waals surface area contributed by atoms with Gasteiger partial charge in [-0.3, -0.25) is 5.41 Å². The molecule has 1 aromatic rings. The molecule has 0 spiro atoms. The Hall–Kier alpha value is -1.25. The van der Waals surface area contributed by atoms with Gasteiger partial charge in [0.1, 0.15) is 5.76 Å². The molecule has 72 valence electrons. The number of nitrogens with two attached hydrogens (primary N) is 1. The van der Waals surface area contributed by atoms with Crippen LogP contribution in [-0.2, 0) is 6.42 Å². The molecule has 0 unspecified atom stereocenters. The zero-order valence-corrected chi connectivity index (χ0v) is 7.97. The Kier molecular flexibility index (Phi) is 3.55. The van der Waals surface area contributed by atoms with Gasteiger partial charge in [-0.25, -0.2) is 0 Å². The predicted molar refractivity (Wildman–Crippen MR) is 53.0 cm³/mol. The molecular formula is C10H16N2O. The summed E-state index contributed by atoms with van der Waals surface area (Å²) in [6.45, 7) is 2.17. The lowest BCUT2D eigenvalue weighted by Crippen LogP contribution is -2.09. The van der Waals surface area contributed by atoms with Crippen LogP contribution in [0, 0.1) is 5.41 Å². The highest BCUT2D eigenvalue weighted by Crippen LogP contribution is 2.10. The number of unbranched alkanes of at least 4 members (excludes halogenated alkanes) is 2. The molecule has 0 aliphatic rings. The molecule has 1 heterocycles. The fourth-order valence-corrected chi connectivity index (χ4v) is 1.21. The first kappa shape index (κ1) is 9.84. The lowest BCUT2D eigenvalue weighted by molar-refractivity contribution is 0.489. The van der Waals surface area contributed by atoms with E-state index < -0.39 is 0 Å². The van der Waals surface area contributed by atoms with Gasteiger partial charge in [-0.1, -0.05) is 19.8 Å². The molecule has 3 heteroatoms. The molecule has 1 rings (SSSR count). The molecular weight excluding hydrogens is 164 g/mol. The van der Waals surface area contributed by atoms with E-state index in [4.69, 9.17) is 15.6 Å². The summed E-state index contributed by atoms with van der Waals surface area (Å²) >= 11 is 0. The van der Waals surface area contributed by atoms with Gasteiger partial charge in [-0.15, -0.1) is 0 Å². The molecule has 0 aromatic carbocycles. The summed E-state index contributed by atoms with van der Waals surface area (Å²) in [5.74, 6) is 1.41. The van der Waals surface area contributed by atoms with Gasteiger partial charge in [0.05, 0.1) is 0 Å². The number of hydrogen-bond donors (Lipinski definition) is 2. The van der Waals surface area contributed by atoms with Crippen molar-refractivity contribution < 1.29 is 4.42 Å². The monoisotopic (exact) mass is 180 g/mol. The number of nitrogens with one attached hydrogen (secondary N) is 1. The van der Waals surface area contributed by atoms with E-state index in [1.165, 1.54) is 12.8 Å². The second-order valence-corrected chi connectivity index (χ2v) is 3.14. The van der Waals surface area contributed by atoms with Crippen molar-refractivity contribution in [3.63, 3.8) is 0 Å². The number of furan rings is 1. The first-order valence-corrected chi connectivity index (χ1v) is 4.67. The normalized spacial score (nSPS) is 10.2. The lowest BCUT2D eigenvalue weighted by Gasteiger charge is -1.95. The van der Waals surface area contributed by atoms with E-state index in [-0.39, 0.29) is 5.84 Å². The molecule has 0 fully saturated rings. The van der Waals surface area contributed by atoms with Crippen molar-refractivity contribution in [2.24, 2.45) is 5.73 Å². The van der Waals surface area contributed by atoms with Gasteiger partial charge >= 0.3 is 0 Å². The maximum atomic E-state index is 7.15. The molecule has 3 N–H and O–H groups in total. The maximum absolute atomic E-state index is 7.15. The Morgan fingerprint density at radius 1 is 1.46 bits per heavy atom. The van der Waals surface area contributed by atoms with E-state index in [0.29, 0.717) is 5.76 Å². The summed E-state index contributed by atoms with van der Waals surface area (Å²) in [4.78, 5) is 0. The third-order valence-corrected chi connectivity index (χ3v) is 1.95. The van der Waals surface area contributed by atoms with Crippen LogP contribution in [0.25, 0.3) is 0 Å². The number of amidine groups is 1. The van der Waals surface area contributed by atoms with Crippen LogP contribution < -0.4 is 5.73 Å². The van der Waals surface area contributed by atoms with Crippen molar-refractivity contribution in [1.82, 2.24) is 0 Å². The number of rotatable bonds is 5. The van der Waals surface area contributed by atoms with Gasteiger partial charge in [0, 0.05) is 6.42 Å². The summed E-state index contributed by atoms with van der Waals surface area (Å²) in [6.07, 6.45) is 4.51. The van der Waals surface area contributed by atoms with Crippen molar-refractivity contribution in [1.29, 1.82) is 5.41 Å². The lowest BCUT2D eigenvalue weighted by atomic mass is 10.2. The van der Waals surface area contributed by atoms with E-state index in [0.717, 1.165) is 18.6 Å². The highest BCUT2D eigenvalue weighted by molar-refractivity contribution is 5.92. The van der Waals surface area contributed by atoms with Crippen LogP contribution in [0.4, 0.5) is 0 Å². The SMILES string of the molecule is CCCCCc1ccc(C(=N)N)o1. The smallest absolute Gasteiger partial charge is 0.168 e. The van der Waals surface area contributed by atoms with Gasteiger partial charge in [0.2, 0.25) is 0 Å². The zero-order chi connectivity index (χ0) is 9.68. The van der Waals surface area contributed by atoms with Crippen LogP contribution in [0.5, 0.6) is 0 Å². The second-order valence-electron chi connectivity index (χ2n) is 3.14. The van der Waals surface area contributed by atoms with Crippen molar-refractivity contribution >= 4 is 5.84 Å². The largest absolute Gasteiger partial charge is 0.458 e. The quantitative estimate of drug-likeness (QED) is 0.415. The van der Waals surface area contributed by atoms with Crippen LogP contribution in [0.1, 0.15) is 37.7 Å². The van der Waals surface area contributed by atoms with E-state index in [2.05, 4.69) is 6.92 Å². The molecule has 0 atom stereocenters. The third kappa shape index (κ3) is 2.93. The second kappa shape index (κ2) is 4.70. The van der Waals surface area contributed by atoms with E-state index >= 15 is 0 Å². The molecule has 0 aliphatic heterocycles. The van der Waals surface area contributed by atoms with Gasteiger partial charge in [0.25, 0.3) is 0 Å². The Bertz CT molecular complexity index is 278. The van der Waals surface area contributed by atoms with Gasteiger partial charge < -0.3 is 10.2 Å². The molecule has 13 heavy (non-hydrogen) atoms. The maximum Gasteiger partial charge on any atom is 0.168 e. The zero-order valence-electron chi connectivity index (χ0n) is 7.97. The first-order chi connectivity index (χ1) is 6.24. The molecule has 0 saturated carbocycles. The summed E-state index contributed by atoms with van der Waals surface area (Å²) in [6, 6.07) is 3.65. The van der Waals surface area contributed by atoms with Crippen LogP contribution in [0.15, 0.2) is 16.5 Å². The van der Waals surface area contributed by atoms with Crippen molar-refractivity contribution in [2.45, 2.75) is 32.6 Å². The number of aryl methyl sites for hydroxylation is 1. The first-order valence-electron chi connectivity index (χ1n) is 4.67. The van der Waals surface area contributed by atoms with Crippen LogP contribution in [0.3, 0.4) is 0 Å². The van der Waals surface area contributed by atoms with Crippen LogP contribution >= 0.6 is 0 Å². The number of hydrogen-bond acceptors (Lipinski definition) is 2. The number of nitrogen functional groups attached to an aromatic ring is 1. The van der Waals surface area contributed by atoms with Crippen LogP contribution in [-0.4, -0.2) is 5.84 Å². The summed E-state index contributed by atoms with van der Waals surface area (Å²) in [5.41, 5.74) is 5.27. The predicted octanol–water partition coefficient (Wildman–Crippen LogP) is 2.30. The third-order valence-electron chi connectivity index (χ3n) is 1.95. The minimum Gasteiger partial charge on any atom is -0.458 e. The van der Waals surface area contributed by atoms with Crippen molar-refractivity contribution in [2.75, 3.05) is 0 Å². The van der Waals surface area contributed by atoms with Gasteiger partial charge in [-0.2, -0.15) is 0 Å². The van der Waals surface area contributed by atoms with E-state index in [1.54, 1.807) is 6.07 Å². The molecule has 3 nitrogen and oxygen atoms in total. The van der Waals surface area contributed by atoms with E-state index in [1.807, 2.05) is 6.07 Å². The Morgan fingerprint density at radius 3 is 2.77 bits per heavy atom. The van der Waals surface area contributed by atoms with E-state index in [9.17, 15) is 0 Å². The highest BCUT2D eigenvalue weighted by Gasteiger charge is 2.03. The van der Waals surface area contributed by atoms with Crippen molar-refractivity contribution in [3.8, 4) is 0 Å². The Balaban J connectivity index is 2.44. The fraction of sp³-hybridized carbons (Fsp3) is 0.500. The Labute approximate surface area is 78.4 Å². The standard InChI is InChI=1S/C10H16N2O/c1-2-3-4-5-8-6-7-9(13-8)10(11)12/h6-7H,2-5H2,1H3,(H3,11,12). The average Bonchev–Trinajstić information content (AvgIpc) is 2.53. The fourth-order valence-electron chi connectivity index (χ4n) is 1.21. The Morgan fingerprint density at radius 2 is 2.23 bits per heavy atom. The molecule has 0 radical (unpaired) electrons. The van der Waals surface area contributed by atoms with Gasteiger partial charge in [-0.05, 0) is 18.6 Å². The molecule has 0 amide bonds. The highest BCUT2D eigenvalue weighted by atomic mass is 16.3. The average molecular weight is 180 g/mol. The topological polar surface area (TPSA) is 63.0 Å². The molecule has 0 bridgehead atoms. The summed E-state index contributed by atoms with van der Waals surface area (Å²) in [7, 11) is 0. The van der Waals surface area contributed by atoms with Crippen LogP contribution in [0.2, 0.25) is 0 Å². The van der Waals surface area contributed by atoms with Crippen molar-refractivity contribution in [3.05, 3.63) is 23.7 Å². The molecule has 0 aliphatic carbocycles. The minimum absolute atomic E-state index is 0.00161. The summed E-state index contributed by atoms with van der Waals surface area (Å²) < 4.78 is 5.34. The molecule has 0 saturated heterocycles. The van der Waals surface area contributed by atoms with Gasteiger partial charge in [0.15, 0.2) is 11.6 Å². The summed E-state index contributed by atoms with van der Waals surface area (Å²) in [5, 5.41) is 7.15.